The van der Waals surface area contributed by atoms with Crippen molar-refractivity contribution in [3.05, 3.63) is 41.4 Å². The molecule has 1 N–H and O–H groups in total. The third-order valence-electron chi connectivity index (χ3n) is 5.41. The predicted molar refractivity (Wildman–Crippen MR) is 116 cm³/mol. The maximum absolute atomic E-state index is 12.5. The summed E-state index contributed by atoms with van der Waals surface area (Å²) in [5.74, 6) is 2.24. The van der Waals surface area contributed by atoms with E-state index in [2.05, 4.69) is 10.4 Å². The van der Waals surface area contributed by atoms with E-state index in [9.17, 15) is 4.79 Å². The molecule has 7 heteroatoms. The zero-order valence-electron chi connectivity index (χ0n) is 16.9. The Bertz CT molecular complexity index is 971. The zero-order chi connectivity index (χ0) is 20.2. The summed E-state index contributed by atoms with van der Waals surface area (Å²) in [5, 5.41) is 10.3. The summed E-state index contributed by atoms with van der Waals surface area (Å²) < 4.78 is 6.94. The number of rotatable bonds is 7. The van der Waals surface area contributed by atoms with Crippen LogP contribution in [0.2, 0.25) is 0 Å². The van der Waals surface area contributed by atoms with Gasteiger partial charge in [-0.3, -0.25) is 4.79 Å². The van der Waals surface area contributed by atoms with Gasteiger partial charge in [0.2, 0.25) is 11.0 Å². The summed E-state index contributed by atoms with van der Waals surface area (Å²) in [4.78, 5) is 17.2. The van der Waals surface area contributed by atoms with Crippen molar-refractivity contribution < 1.29 is 9.53 Å². The van der Waals surface area contributed by atoms with Crippen LogP contribution in [0.15, 0.2) is 35.7 Å². The SMILES string of the molecule is COc1ccc(-c2csc(-n3nc(C)cc3NC(=O)CCC3CCCC3)n2)cc1. The van der Waals surface area contributed by atoms with Crippen LogP contribution in [0.3, 0.4) is 0 Å². The molecule has 4 rings (SSSR count). The van der Waals surface area contributed by atoms with E-state index in [1.807, 2.05) is 42.6 Å². The molecule has 1 saturated carbocycles. The van der Waals surface area contributed by atoms with Gasteiger partial charge < -0.3 is 10.1 Å². The molecule has 0 radical (unpaired) electrons. The summed E-state index contributed by atoms with van der Waals surface area (Å²) >= 11 is 1.50. The van der Waals surface area contributed by atoms with Crippen molar-refractivity contribution in [2.75, 3.05) is 12.4 Å². The molecule has 0 unspecified atom stereocenters. The average Bonchev–Trinajstić information content (AvgIpc) is 3.48. The van der Waals surface area contributed by atoms with Crippen LogP contribution >= 0.6 is 11.3 Å². The number of ether oxygens (including phenoxy) is 1. The fourth-order valence-electron chi connectivity index (χ4n) is 3.83. The Labute approximate surface area is 174 Å². The number of thiazole rings is 1. The maximum atomic E-state index is 12.5. The molecule has 2 aromatic heterocycles. The Morgan fingerprint density at radius 2 is 2.03 bits per heavy atom. The van der Waals surface area contributed by atoms with E-state index in [1.165, 1.54) is 37.0 Å². The van der Waals surface area contributed by atoms with Crippen LogP contribution in [-0.4, -0.2) is 27.8 Å². The van der Waals surface area contributed by atoms with Gasteiger partial charge in [-0.05, 0) is 43.5 Å². The molecule has 0 bridgehead atoms. The van der Waals surface area contributed by atoms with Gasteiger partial charge in [0.1, 0.15) is 11.6 Å². The van der Waals surface area contributed by atoms with E-state index in [0.717, 1.165) is 34.3 Å². The molecule has 1 fully saturated rings. The highest BCUT2D eigenvalue weighted by Gasteiger charge is 2.18. The van der Waals surface area contributed by atoms with Gasteiger partial charge in [0.15, 0.2) is 0 Å². The van der Waals surface area contributed by atoms with E-state index in [-0.39, 0.29) is 5.91 Å². The first-order valence-electron chi connectivity index (χ1n) is 10.1. The van der Waals surface area contributed by atoms with Crippen LogP contribution in [0.5, 0.6) is 5.75 Å². The first-order chi connectivity index (χ1) is 14.1. The molecule has 0 atom stereocenters. The first kappa shape index (κ1) is 19.6. The normalized spacial score (nSPS) is 14.3. The molecule has 29 heavy (non-hydrogen) atoms. The van der Waals surface area contributed by atoms with Crippen LogP contribution in [-0.2, 0) is 4.79 Å². The summed E-state index contributed by atoms with van der Waals surface area (Å²) in [6, 6.07) is 9.70. The quantitative estimate of drug-likeness (QED) is 0.580. The maximum Gasteiger partial charge on any atom is 0.225 e. The number of hydrogen-bond donors (Lipinski definition) is 1. The van der Waals surface area contributed by atoms with E-state index < -0.39 is 0 Å². The highest BCUT2D eigenvalue weighted by Crippen LogP contribution is 2.30. The van der Waals surface area contributed by atoms with Crippen molar-refractivity contribution in [3.63, 3.8) is 0 Å². The van der Waals surface area contributed by atoms with Crippen molar-refractivity contribution in [3.8, 4) is 22.1 Å². The Morgan fingerprint density at radius 3 is 2.76 bits per heavy atom. The van der Waals surface area contributed by atoms with Crippen molar-refractivity contribution in [1.82, 2.24) is 14.8 Å². The van der Waals surface area contributed by atoms with Gasteiger partial charge in [-0.1, -0.05) is 25.7 Å². The molecule has 1 amide bonds. The second-order valence-electron chi connectivity index (χ2n) is 7.56. The van der Waals surface area contributed by atoms with Crippen LogP contribution in [0, 0.1) is 12.8 Å². The molecule has 2 heterocycles. The van der Waals surface area contributed by atoms with Crippen LogP contribution < -0.4 is 10.1 Å². The van der Waals surface area contributed by atoms with Gasteiger partial charge in [-0.2, -0.15) is 9.78 Å². The van der Waals surface area contributed by atoms with Crippen molar-refractivity contribution >= 4 is 23.1 Å². The number of aryl methyl sites for hydroxylation is 1. The standard InChI is InChI=1S/C22H26N4O2S/c1-15-13-20(24-21(27)12-7-16-5-3-4-6-16)26(25-15)22-23-19(14-29-22)17-8-10-18(28-2)11-9-17/h8-11,13-14,16H,3-7,12H2,1-2H3,(H,24,27). The number of amides is 1. The molecule has 6 nitrogen and oxygen atoms in total. The average molecular weight is 411 g/mol. The van der Waals surface area contributed by atoms with Gasteiger partial charge in [0.05, 0.1) is 18.5 Å². The Kier molecular flexibility index (Phi) is 5.94. The van der Waals surface area contributed by atoms with Crippen molar-refractivity contribution in [2.24, 2.45) is 5.92 Å². The topological polar surface area (TPSA) is 69.0 Å². The number of carbonyl (C=O) groups is 1. The largest absolute Gasteiger partial charge is 0.497 e. The Balaban J connectivity index is 1.47. The third-order valence-corrected chi connectivity index (χ3v) is 6.23. The lowest BCUT2D eigenvalue weighted by Gasteiger charge is -2.09. The number of anilines is 1. The summed E-state index contributed by atoms with van der Waals surface area (Å²) in [6.07, 6.45) is 6.66. The summed E-state index contributed by atoms with van der Waals surface area (Å²) in [5.41, 5.74) is 2.73. The minimum atomic E-state index is 0.0463. The fourth-order valence-corrected chi connectivity index (χ4v) is 4.63. The number of carbonyl (C=O) groups excluding carboxylic acids is 1. The highest BCUT2D eigenvalue weighted by molar-refractivity contribution is 7.12. The molecular formula is C22H26N4O2S. The second kappa shape index (κ2) is 8.78. The van der Waals surface area contributed by atoms with Gasteiger partial charge in [0.25, 0.3) is 0 Å². The molecule has 0 aliphatic heterocycles. The molecule has 0 saturated heterocycles. The third kappa shape index (κ3) is 4.67. The van der Waals surface area contributed by atoms with Crippen LogP contribution in [0.25, 0.3) is 16.4 Å². The molecular weight excluding hydrogens is 384 g/mol. The number of benzene rings is 1. The van der Waals surface area contributed by atoms with Gasteiger partial charge >= 0.3 is 0 Å². The smallest absolute Gasteiger partial charge is 0.225 e. The Hall–Kier alpha value is -2.67. The fraction of sp³-hybridized carbons (Fsp3) is 0.409. The first-order valence-corrected chi connectivity index (χ1v) is 11.0. The second-order valence-corrected chi connectivity index (χ2v) is 8.40. The number of hydrogen-bond acceptors (Lipinski definition) is 5. The van der Waals surface area contributed by atoms with Gasteiger partial charge in [0, 0.05) is 23.4 Å². The number of nitrogens with one attached hydrogen (secondary N) is 1. The lowest BCUT2D eigenvalue weighted by atomic mass is 10.0. The van der Waals surface area contributed by atoms with E-state index in [1.54, 1.807) is 11.8 Å². The minimum absolute atomic E-state index is 0.0463. The van der Waals surface area contributed by atoms with Crippen LogP contribution in [0.1, 0.15) is 44.2 Å². The van der Waals surface area contributed by atoms with E-state index in [0.29, 0.717) is 18.2 Å². The molecule has 1 aromatic carbocycles. The molecule has 1 aliphatic carbocycles. The van der Waals surface area contributed by atoms with Gasteiger partial charge in [-0.15, -0.1) is 11.3 Å². The molecule has 3 aromatic rings. The Morgan fingerprint density at radius 1 is 1.28 bits per heavy atom. The van der Waals surface area contributed by atoms with E-state index in [4.69, 9.17) is 9.72 Å². The molecule has 1 aliphatic rings. The highest BCUT2D eigenvalue weighted by atomic mass is 32.1. The van der Waals surface area contributed by atoms with Crippen LogP contribution in [0.4, 0.5) is 5.82 Å². The lowest BCUT2D eigenvalue weighted by Crippen LogP contribution is -2.15. The number of nitrogens with zero attached hydrogens (tertiary/aromatic N) is 3. The predicted octanol–water partition coefficient (Wildman–Crippen LogP) is 5.22. The van der Waals surface area contributed by atoms with Gasteiger partial charge in [-0.25, -0.2) is 4.98 Å². The summed E-state index contributed by atoms with van der Waals surface area (Å²) in [6.45, 7) is 1.92. The lowest BCUT2D eigenvalue weighted by molar-refractivity contribution is -0.116. The number of methoxy groups -OCH3 is 1. The molecule has 0 spiro atoms. The van der Waals surface area contributed by atoms with E-state index >= 15 is 0 Å². The van der Waals surface area contributed by atoms with Crippen molar-refractivity contribution in [2.45, 2.75) is 45.4 Å². The molecule has 152 valence electrons. The number of aromatic nitrogens is 3. The van der Waals surface area contributed by atoms with Crippen molar-refractivity contribution in [1.29, 1.82) is 0 Å². The minimum Gasteiger partial charge on any atom is -0.497 e. The zero-order valence-corrected chi connectivity index (χ0v) is 17.7. The summed E-state index contributed by atoms with van der Waals surface area (Å²) in [7, 11) is 1.65. The monoisotopic (exact) mass is 410 g/mol.